The van der Waals surface area contributed by atoms with Gasteiger partial charge in [0.25, 0.3) is 5.91 Å². The molecule has 21 heavy (non-hydrogen) atoms. The summed E-state index contributed by atoms with van der Waals surface area (Å²) in [6, 6.07) is 8.45. The smallest absolute Gasteiger partial charge is 0.262 e. The number of benzene rings is 2. The van der Waals surface area contributed by atoms with E-state index in [1.54, 1.807) is 6.07 Å². The van der Waals surface area contributed by atoms with Gasteiger partial charge in [0.2, 0.25) is 0 Å². The maximum absolute atomic E-state index is 13.0. The van der Waals surface area contributed by atoms with E-state index >= 15 is 0 Å². The van der Waals surface area contributed by atoms with Crippen LogP contribution in [0, 0.1) is 5.82 Å². The molecule has 0 aliphatic rings. The third-order valence-corrected chi connectivity index (χ3v) is 3.04. The molecular weight excluding hydrogens is 318 g/mol. The summed E-state index contributed by atoms with van der Waals surface area (Å²) in [6.45, 7) is -0.320. The van der Waals surface area contributed by atoms with E-state index in [9.17, 15) is 9.18 Å². The number of halogens is 3. The maximum atomic E-state index is 13.0. The molecule has 0 aliphatic heterocycles. The van der Waals surface area contributed by atoms with Crippen molar-refractivity contribution >= 4 is 40.5 Å². The van der Waals surface area contributed by atoms with Crippen molar-refractivity contribution in [2.75, 3.05) is 17.7 Å². The highest BCUT2D eigenvalue weighted by molar-refractivity contribution is 6.37. The molecule has 3 N–H and O–H groups in total. The highest BCUT2D eigenvalue weighted by Crippen LogP contribution is 2.34. The Balaban J connectivity index is 1.99. The first-order valence-corrected chi connectivity index (χ1v) is 6.64. The molecule has 0 unspecified atom stereocenters. The molecule has 1 amide bonds. The second-order valence-electron chi connectivity index (χ2n) is 4.16. The maximum Gasteiger partial charge on any atom is 0.262 e. The average Bonchev–Trinajstić information content (AvgIpc) is 2.37. The standard InChI is InChI=1S/C14H11Cl2FN2O2/c15-11-5-9(18)6-12(16)14(11)21-7-13(20)19-10-3-1-2-8(17)4-10/h1-6H,7,18H2,(H,19,20). The van der Waals surface area contributed by atoms with Crippen molar-refractivity contribution in [2.24, 2.45) is 0 Å². The van der Waals surface area contributed by atoms with Crippen molar-refractivity contribution < 1.29 is 13.9 Å². The van der Waals surface area contributed by atoms with Gasteiger partial charge in [0.15, 0.2) is 12.4 Å². The summed E-state index contributed by atoms with van der Waals surface area (Å²) in [5, 5.41) is 2.90. The van der Waals surface area contributed by atoms with E-state index in [1.807, 2.05) is 0 Å². The first-order valence-electron chi connectivity index (χ1n) is 5.88. The predicted octanol–water partition coefficient (Wildman–Crippen LogP) is 3.73. The molecule has 0 radical (unpaired) electrons. The Labute approximate surface area is 130 Å². The number of amides is 1. The molecule has 2 aromatic carbocycles. The Hall–Kier alpha value is -1.98. The second-order valence-corrected chi connectivity index (χ2v) is 4.98. The molecule has 0 heterocycles. The highest BCUT2D eigenvalue weighted by atomic mass is 35.5. The van der Waals surface area contributed by atoms with Crippen molar-refractivity contribution in [1.82, 2.24) is 0 Å². The molecule has 0 atom stereocenters. The van der Waals surface area contributed by atoms with Crippen LogP contribution < -0.4 is 15.8 Å². The normalized spacial score (nSPS) is 10.2. The number of anilines is 2. The minimum Gasteiger partial charge on any atom is -0.481 e. The number of hydrogen-bond donors (Lipinski definition) is 2. The van der Waals surface area contributed by atoms with E-state index in [4.69, 9.17) is 33.7 Å². The number of ether oxygens (including phenoxy) is 1. The van der Waals surface area contributed by atoms with Gasteiger partial charge in [-0.05, 0) is 30.3 Å². The molecule has 0 fully saturated rings. The Morgan fingerprint density at radius 3 is 2.52 bits per heavy atom. The summed E-state index contributed by atoms with van der Waals surface area (Å²) in [7, 11) is 0. The summed E-state index contributed by atoms with van der Waals surface area (Å²) in [5.74, 6) is -0.746. The van der Waals surface area contributed by atoms with Crippen LogP contribution in [0.15, 0.2) is 36.4 Å². The third kappa shape index (κ3) is 4.24. The van der Waals surface area contributed by atoms with Crippen LogP contribution in [0.4, 0.5) is 15.8 Å². The van der Waals surface area contributed by atoms with Gasteiger partial charge in [-0.1, -0.05) is 29.3 Å². The zero-order valence-corrected chi connectivity index (χ0v) is 12.2. The van der Waals surface area contributed by atoms with Crippen molar-refractivity contribution in [3.8, 4) is 5.75 Å². The van der Waals surface area contributed by atoms with Crippen molar-refractivity contribution in [1.29, 1.82) is 0 Å². The molecule has 0 saturated carbocycles. The molecule has 0 spiro atoms. The molecule has 0 saturated heterocycles. The first kappa shape index (κ1) is 15.4. The fourth-order valence-electron chi connectivity index (χ4n) is 1.62. The van der Waals surface area contributed by atoms with Crippen molar-refractivity contribution in [3.63, 3.8) is 0 Å². The van der Waals surface area contributed by atoms with Gasteiger partial charge >= 0.3 is 0 Å². The number of nitrogens with one attached hydrogen (secondary N) is 1. The lowest BCUT2D eigenvalue weighted by atomic mass is 10.3. The van der Waals surface area contributed by atoms with E-state index < -0.39 is 11.7 Å². The largest absolute Gasteiger partial charge is 0.481 e. The zero-order valence-electron chi connectivity index (χ0n) is 10.7. The zero-order chi connectivity index (χ0) is 15.4. The number of rotatable bonds is 4. The molecule has 110 valence electrons. The Morgan fingerprint density at radius 1 is 1.24 bits per heavy atom. The minimum absolute atomic E-state index is 0.168. The van der Waals surface area contributed by atoms with E-state index in [1.165, 1.54) is 30.3 Å². The average molecular weight is 329 g/mol. The van der Waals surface area contributed by atoms with E-state index in [-0.39, 0.29) is 22.4 Å². The van der Waals surface area contributed by atoms with Crippen LogP contribution in [-0.2, 0) is 4.79 Å². The molecule has 0 aliphatic carbocycles. The fourth-order valence-corrected chi connectivity index (χ4v) is 2.23. The van der Waals surface area contributed by atoms with E-state index in [0.29, 0.717) is 11.4 Å². The summed E-state index contributed by atoms with van der Waals surface area (Å²) in [5.41, 5.74) is 6.28. The van der Waals surface area contributed by atoms with Gasteiger partial charge in [0.05, 0.1) is 10.0 Å². The van der Waals surface area contributed by atoms with Gasteiger partial charge in [0.1, 0.15) is 5.82 Å². The molecule has 2 aromatic rings. The van der Waals surface area contributed by atoms with Crippen LogP contribution in [0.25, 0.3) is 0 Å². The van der Waals surface area contributed by atoms with Crippen LogP contribution in [0.3, 0.4) is 0 Å². The summed E-state index contributed by atoms with van der Waals surface area (Å²) < 4.78 is 18.2. The van der Waals surface area contributed by atoms with Crippen molar-refractivity contribution in [3.05, 3.63) is 52.3 Å². The number of carbonyl (C=O) groups is 1. The lowest BCUT2D eigenvalue weighted by Gasteiger charge is -2.11. The predicted molar refractivity (Wildman–Crippen MR) is 81.4 cm³/mol. The molecule has 0 aromatic heterocycles. The van der Waals surface area contributed by atoms with Crippen LogP contribution in [0.1, 0.15) is 0 Å². The molecule has 0 bridgehead atoms. The summed E-state index contributed by atoms with van der Waals surface area (Å²) in [6.07, 6.45) is 0. The third-order valence-electron chi connectivity index (χ3n) is 2.48. The van der Waals surface area contributed by atoms with Gasteiger partial charge in [-0.2, -0.15) is 0 Å². The quantitative estimate of drug-likeness (QED) is 0.840. The summed E-state index contributed by atoms with van der Waals surface area (Å²) in [4.78, 5) is 11.7. The molecular formula is C14H11Cl2FN2O2. The second kappa shape index (κ2) is 6.65. The topological polar surface area (TPSA) is 64.3 Å². The van der Waals surface area contributed by atoms with Crippen LogP contribution in [-0.4, -0.2) is 12.5 Å². The lowest BCUT2D eigenvalue weighted by molar-refractivity contribution is -0.118. The number of hydrogen-bond acceptors (Lipinski definition) is 3. The number of nitrogens with two attached hydrogens (primary N) is 1. The monoisotopic (exact) mass is 328 g/mol. The number of nitrogen functional groups attached to an aromatic ring is 1. The summed E-state index contributed by atoms with van der Waals surface area (Å²) >= 11 is 11.9. The Kier molecular flexibility index (Phi) is 4.88. The van der Waals surface area contributed by atoms with Crippen molar-refractivity contribution in [2.45, 2.75) is 0 Å². The minimum atomic E-state index is -0.468. The van der Waals surface area contributed by atoms with E-state index in [2.05, 4.69) is 5.32 Å². The van der Waals surface area contributed by atoms with Crippen LogP contribution in [0.2, 0.25) is 10.0 Å². The molecule has 7 heteroatoms. The highest BCUT2D eigenvalue weighted by Gasteiger charge is 2.11. The van der Waals surface area contributed by atoms with Crippen LogP contribution >= 0.6 is 23.2 Å². The van der Waals surface area contributed by atoms with Gasteiger partial charge in [-0.3, -0.25) is 4.79 Å². The SMILES string of the molecule is Nc1cc(Cl)c(OCC(=O)Nc2cccc(F)c2)c(Cl)c1. The van der Waals surface area contributed by atoms with E-state index in [0.717, 1.165) is 0 Å². The Bertz CT molecular complexity index is 657. The lowest BCUT2D eigenvalue weighted by Crippen LogP contribution is -2.20. The van der Waals surface area contributed by atoms with Gasteiger partial charge in [-0.25, -0.2) is 4.39 Å². The Morgan fingerprint density at radius 2 is 1.90 bits per heavy atom. The fraction of sp³-hybridized carbons (Fsp3) is 0.0714. The van der Waals surface area contributed by atoms with Gasteiger partial charge < -0.3 is 15.8 Å². The molecule has 2 rings (SSSR count). The van der Waals surface area contributed by atoms with Gasteiger partial charge in [0, 0.05) is 11.4 Å². The van der Waals surface area contributed by atoms with Gasteiger partial charge in [-0.15, -0.1) is 0 Å². The van der Waals surface area contributed by atoms with Crippen LogP contribution in [0.5, 0.6) is 5.75 Å². The number of carbonyl (C=O) groups excluding carboxylic acids is 1. The molecule has 4 nitrogen and oxygen atoms in total. The first-order chi connectivity index (χ1) is 9.95.